The van der Waals surface area contributed by atoms with Gasteiger partial charge in [0.2, 0.25) is 0 Å². The third-order valence-corrected chi connectivity index (χ3v) is 4.22. The van der Waals surface area contributed by atoms with E-state index >= 15 is 0 Å². The van der Waals surface area contributed by atoms with Crippen LogP contribution in [0.4, 0.5) is 0 Å². The summed E-state index contributed by atoms with van der Waals surface area (Å²) in [4.78, 5) is 17.4. The van der Waals surface area contributed by atoms with Gasteiger partial charge in [0.1, 0.15) is 5.69 Å². The molecule has 1 atom stereocenters. The lowest BCUT2D eigenvalue weighted by Crippen LogP contribution is -2.38. The molecular formula is C15H19ClN4O. The van der Waals surface area contributed by atoms with Crippen molar-refractivity contribution in [1.29, 1.82) is 0 Å². The highest BCUT2D eigenvalue weighted by Crippen LogP contribution is 2.22. The van der Waals surface area contributed by atoms with Crippen molar-refractivity contribution < 1.29 is 4.79 Å². The zero-order chi connectivity index (χ0) is 15.0. The Balaban J connectivity index is 1.76. The van der Waals surface area contributed by atoms with Crippen molar-refractivity contribution in [2.45, 2.75) is 39.3 Å². The third kappa shape index (κ3) is 2.83. The van der Waals surface area contributed by atoms with Crippen LogP contribution in [0.25, 0.3) is 0 Å². The lowest BCUT2D eigenvalue weighted by Gasteiger charge is -2.24. The lowest BCUT2D eigenvalue weighted by molar-refractivity contribution is 0.0716. The number of amides is 1. The number of aryl methyl sites for hydroxylation is 2. The molecule has 1 aliphatic rings. The number of rotatable bonds is 3. The van der Waals surface area contributed by atoms with E-state index in [1.165, 1.54) is 0 Å². The van der Waals surface area contributed by atoms with Crippen LogP contribution in [0, 0.1) is 13.8 Å². The molecule has 0 spiro atoms. The number of aromatic amines is 1. The lowest BCUT2D eigenvalue weighted by atomic mass is 10.2. The van der Waals surface area contributed by atoms with E-state index in [9.17, 15) is 4.79 Å². The van der Waals surface area contributed by atoms with Crippen LogP contribution in [0.15, 0.2) is 18.3 Å². The maximum absolute atomic E-state index is 12.6. The Morgan fingerprint density at radius 3 is 2.90 bits per heavy atom. The Bertz CT molecular complexity index is 660. The molecule has 2 aromatic heterocycles. The van der Waals surface area contributed by atoms with Gasteiger partial charge in [-0.15, -0.1) is 0 Å². The first-order valence-corrected chi connectivity index (χ1v) is 7.58. The smallest absolute Gasteiger partial charge is 0.270 e. The number of hydrogen-bond donors (Lipinski definition) is 1. The first-order chi connectivity index (χ1) is 10.0. The second kappa shape index (κ2) is 5.56. The van der Waals surface area contributed by atoms with Gasteiger partial charge in [-0.25, -0.2) is 0 Å². The molecule has 6 heteroatoms. The van der Waals surface area contributed by atoms with Crippen LogP contribution in [0.2, 0.25) is 5.02 Å². The minimum absolute atomic E-state index is 0.0194. The van der Waals surface area contributed by atoms with Gasteiger partial charge >= 0.3 is 0 Å². The van der Waals surface area contributed by atoms with Crippen molar-refractivity contribution in [1.82, 2.24) is 19.7 Å². The maximum atomic E-state index is 12.6. The monoisotopic (exact) mass is 306 g/mol. The zero-order valence-electron chi connectivity index (χ0n) is 12.3. The van der Waals surface area contributed by atoms with Crippen LogP contribution >= 0.6 is 11.6 Å². The number of aromatic nitrogens is 3. The van der Waals surface area contributed by atoms with E-state index in [1.807, 2.05) is 23.4 Å². The van der Waals surface area contributed by atoms with Gasteiger partial charge in [-0.2, -0.15) is 5.10 Å². The number of H-pyrrole nitrogens is 1. The van der Waals surface area contributed by atoms with Crippen LogP contribution in [0.3, 0.4) is 0 Å². The van der Waals surface area contributed by atoms with E-state index < -0.39 is 0 Å². The summed E-state index contributed by atoms with van der Waals surface area (Å²) in [6.07, 6.45) is 3.68. The summed E-state index contributed by atoms with van der Waals surface area (Å²) in [7, 11) is 0. The van der Waals surface area contributed by atoms with Gasteiger partial charge in [-0.1, -0.05) is 11.6 Å². The van der Waals surface area contributed by atoms with E-state index in [0.29, 0.717) is 10.7 Å². The van der Waals surface area contributed by atoms with Crippen molar-refractivity contribution >= 4 is 17.5 Å². The Morgan fingerprint density at radius 1 is 1.48 bits per heavy atom. The van der Waals surface area contributed by atoms with Crippen LogP contribution in [0.1, 0.15) is 34.7 Å². The standard InChI is InChI=1S/C15H19ClN4O/c1-10-6-11(2)20(18-10)9-13-4-3-5-19(13)15(21)14-7-12(16)8-17-14/h6-8,13,17H,3-5,9H2,1-2H3/t13-/m1/s1. The molecule has 0 saturated carbocycles. The number of nitrogens with zero attached hydrogens (tertiary/aromatic N) is 3. The van der Waals surface area contributed by atoms with Crippen molar-refractivity contribution in [3.63, 3.8) is 0 Å². The molecule has 112 valence electrons. The predicted octanol–water partition coefficient (Wildman–Crippen LogP) is 2.79. The average Bonchev–Trinajstić information content (AvgIpc) is 3.12. The van der Waals surface area contributed by atoms with Gasteiger partial charge in [0, 0.05) is 18.4 Å². The molecule has 0 radical (unpaired) electrons. The van der Waals surface area contributed by atoms with Crippen molar-refractivity contribution in [2.75, 3.05) is 6.54 Å². The summed E-state index contributed by atoms with van der Waals surface area (Å²) in [5.74, 6) is 0.0194. The summed E-state index contributed by atoms with van der Waals surface area (Å²) in [6.45, 7) is 5.58. The number of likely N-dealkylation sites (tertiary alicyclic amines) is 1. The first kappa shape index (κ1) is 14.2. The quantitative estimate of drug-likeness (QED) is 0.948. The van der Waals surface area contributed by atoms with E-state index in [-0.39, 0.29) is 11.9 Å². The Hall–Kier alpha value is -1.75. The molecule has 0 unspecified atom stereocenters. The molecule has 0 aromatic carbocycles. The third-order valence-electron chi connectivity index (χ3n) is 4.00. The molecule has 5 nitrogen and oxygen atoms in total. The number of nitrogens with one attached hydrogen (secondary N) is 1. The second-order valence-corrected chi connectivity index (χ2v) is 6.07. The van der Waals surface area contributed by atoms with Gasteiger partial charge in [0.25, 0.3) is 5.91 Å². The number of hydrogen-bond acceptors (Lipinski definition) is 2. The summed E-state index contributed by atoms with van der Waals surface area (Å²) < 4.78 is 1.99. The highest BCUT2D eigenvalue weighted by Gasteiger charge is 2.30. The van der Waals surface area contributed by atoms with Gasteiger partial charge in [-0.05, 0) is 38.8 Å². The minimum atomic E-state index is 0.0194. The van der Waals surface area contributed by atoms with E-state index in [1.54, 1.807) is 12.3 Å². The molecule has 2 aromatic rings. The highest BCUT2D eigenvalue weighted by molar-refractivity contribution is 6.30. The Labute approximate surface area is 128 Å². The number of halogens is 1. The molecule has 1 amide bonds. The fourth-order valence-corrected chi connectivity index (χ4v) is 3.16. The molecule has 1 aliphatic heterocycles. The molecule has 0 bridgehead atoms. The molecule has 3 rings (SSSR count). The summed E-state index contributed by atoms with van der Waals surface area (Å²) >= 11 is 5.88. The van der Waals surface area contributed by atoms with Gasteiger partial charge in [-0.3, -0.25) is 9.48 Å². The van der Waals surface area contributed by atoms with Crippen molar-refractivity contribution in [3.8, 4) is 0 Å². The fourth-order valence-electron chi connectivity index (χ4n) is 3.00. The molecule has 1 saturated heterocycles. The van der Waals surface area contributed by atoms with Gasteiger partial charge < -0.3 is 9.88 Å². The van der Waals surface area contributed by atoms with Crippen molar-refractivity contribution in [3.05, 3.63) is 40.4 Å². The number of carbonyl (C=O) groups excluding carboxylic acids is 1. The average molecular weight is 307 g/mol. The normalized spacial score (nSPS) is 18.4. The highest BCUT2D eigenvalue weighted by atomic mass is 35.5. The van der Waals surface area contributed by atoms with Crippen LogP contribution < -0.4 is 0 Å². The molecule has 21 heavy (non-hydrogen) atoms. The van der Waals surface area contributed by atoms with Crippen LogP contribution in [0.5, 0.6) is 0 Å². The Morgan fingerprint density at radius 2 is 2.29 bits per heavy atom. The first-order valence-electron chi connectivity index (χ1n) is 7.20. The van der Waals surface area contributed by atoms with Crippen LogP contribution in [-0.4, -0.2) is 38.2 Å². The number of carbonyl (C=O) groups is 1. The molecule has 1 N–H and O–H groups in total. The zero-order valence-corrected chi connectivity index (χ0v) is 13.0. The maximum Gasteiger partial charge on any atom is 0.270 e. The van der Waals surface area contributed by atoms with E-state index in [4.69, 9.17) is 11.6 Å². The SMILES string of the molecule is Cc1cc(C)n(C[C@H]2CCCN2C(=O)c2cc(Cl)c[nH]2)n1. The van der Waals surface area contributed by atoms with Gasteiger partial charge in [0.05, 0.1) is 23.3 Å². The van der Waals surface area contributed by atoms with Gasteiger partial charge in [0.15, 0.2) is 0 Å². The van der Waals surface area contributed by atoms with E-state index in [0.717, 1.165) is 37.3 Å². The fraction of sp³-hybridized carbons (Fsp3) is 0.467. The summed E-state index contributed by atoms with van der Waals surface area (Å²) in [5, 5.41) is 5.06. The predicted molar refractivity (Wildman–Crippen MR) is 81.6 cm³/mol. The van der Waals surface area contributed by atoms with Crippen LogP contribution in [-0.2, 0) is 6.54 Å². The Kier molecular flexibility index (Phi) is 3.76. The summed E-state index contributed by atoms with van der Waals surface area (Å²) in [6, 6.07) is 3.94. The molecule has 3 heterocycles. The second-order valence-electron chi connectivity index (χ2n) is 5.64. The largest absolute Gasteiger partial charge is 0.356 e. The summed E-state index contributed by atoms with van der Waals surface area (Å²) in [5.41, 5.74) is 2.70. The van der Waals surface area contributed by atoms with E-state index in [2.05, 4.69) is 16.1 Å². The minimum Gasteiger partial charge on any atom is -0.356 e. The van der Waals surface area contributed by atoms with Crippen molar-refractivity contribution in [2.24, 2.45) is 0 Å². The topological polar surface area (TPSA) is 53.9 Å². The molecular weight excluding hydrogens is 288 g/mol. The molecule has 0 aliphatic carbocycles. The molecule has 1 fully saturated rings.